The molecule has 24 heavy (non-hydrogen) atoms. The number of para-hydroxylation sites is 1. The van der Waals surface area contributed by atoms with Crippen LogP contribution >= 0.6 is 0 Å². The predicted molar refractivity (Wildman–Crippen MR) is 97.9 cm³/mol. The molecule has 6 heteroatoms. The van der Waals surface area contributed by atoms with Gasteiger partial charge in [-0.05, 0) is 37.2 Å². The minimum atomic E-state index is -3.23. The maximum absolute atomic E-state index is 11.2. The molecule has 5 nitrogen and oxygen atoms in total. The minimum absolute atomic E-state index is 0.587. The summed E-state index contributed by atoms with van der Waals surface area (Å²) in [6.07, 6.45) is 2.04. The number of methoxy groups -OCH3 is 1. The Hall–Kier alpha value is -2.05. The maximum atomic E-state index is 11.2. The molecule has 1 N–H and O–H groups in total. The first kappa shape index (κ1) is 18.3. The summed E-state index contributed by atoms with van der Waals surface area (Å²) in [5, 5.41) is 0. The highest BCUT2D eigenvalue weighted by Gasteiger charge is 2.06. The highest BCUT2D eigenvalue weighted by Crippen LogP contribution is 2.19. The second kappa shape index (κ2) is 8.17. The average molecular weight is 348 g/mol. The van der Waals surface area contributed by atoms with Gasteiger partial charge in [0.25, 0.3) is 0 Å². The molecule has 0 fully saturated rings. The predicted octanol–water partition coefficient (Wildman–Crippen LogP) is 2.74. The van der Waals surface area contributed by atoms with Gasteiger partial charge in [-0.2, -0.15) is 0 Å². The molecule has 0 amide bonds. The van der Waals surface area contributed by atoms with E-state index < -0.39 is 10.0 Å². The summed E-state index contributed by atoms with van der Waals surface area (Å²) in [6.45, 7) is 1.72. The van der Waals surface area contributed by atoms with Crippen LogP contribution < -0.4 is 9.46 Å². The number of ether oxygens (including phenoxy) is 1. The molecule has 0 radical (unpaired) electrons. The number of sulfonamides is 1. The van der Waals surface area contributed by atoms with Crippen molar-refractivity contribution in [1.29, 1.82) is 0 Å². The lowest BCUT2D eigenvalue weighted by molar-refractivity contribution is 0.321. The Labute approximate surface area is 144 Å². The molecule has 2 aromatic rings. The van der Waals surface area contributed by atoms with Crippen LogP contribution in [0, 0.1) is 0 Å². The van der Waals surface area contributed by atoms with Crippen LogP contribution in [0.3, 0.4) is 0 Å². The number of benzene rings is 2. The zero-order valence-electron chi connectivity index (χ0n) is 14.3. The van der Waals surface area contributed by atoms with Crippen LogP contribution in [0.2, 0.25) is 0 Å². The molecule has 0 aliphatic heterocycles. The van der Waals surface area contributed by atoms with Gasteiger partial charge in [0.05, 0.1) is 13.4 Å². The second-order valence-electron chi connectivity index (χ2n) is 5.87. The molecule has 130 valence electrons. The fourth-order valence-electron chi connectivity index (χ4n) is 2.48. The molecule has 2 rings (SSSR count). The van der Waals surface area contributed by atoms with Gasteiger partial charge in [0.15, 0.2) is 0 Å². The van der Waals surface area contributed by atoms with Crippen molar-refractivity contribution in [2.45, 2.75) is 13.0 Å². The van der Waals surface area contributed by atoms with Crippen molar-refractivity contribution in [3.8, 4) is 5.75 Å². The largest absolute Gasteiger partial charge is 0.496 e. The molecule has 0 atom stereocenters. The smallest absolute Gasteiger partial charge is 0.229 e. The Balaban J connectivity index is 1.88. The number of rotatable bonds is 8. The van der Waals surface area contributed by atoms with Crippen LogP contribution in [0.1, 0.15) is 11.1 Å². The number of hydrogen-bond donors (Lipinski definition) is 1. The SMILES string of the molecule is COc1ccccc1CN(C)CCc1ccc(NS(C)(=O)=O)cc1. The minimum Gasteiger partial charge on any atom is -0.496 e. The average Bonchev–Trinajstić information content (AvgIpc) is 2.53. The number of hydrogen-bond acceptors (Lipinski definition) is 4. The van der Waals surface area contributed by atoms with Gasteiger partial charge in [-0.1, -0.05) is 30.3 Å². The van der Waals surface area contributed by atoms with Gasteiger partial charge in [-0.25, -0.2) is 8.42 Å². The Bertz CT molecular complexity index is 758. The van der Waals surface area contributed by atoms with Gasteiger partial charge in [-0.15, -0.1) is 0 Å². The normalized spacial score (nSPS) is 11.5. The van der Waals surface area contributed by atoms with E-state index >= 15 is 0 Å². The molecular weight excluding hydrogens is 324 g/mol. The molecule has 0 saturated heterocycles. The first-order chi connectivity index (χ1) is 11.4. The van der Waals surface area contributed by atoms with E-state index in [4.69, 9.17) is 4.74 Å². The zero-order chi connectivity index (χ0) is 17.6. The molecule has 0 aromatic heterocycles. The lowest BCUT2D eigenvalue weighted by Gasteiger charge is -2.18. The molecule has 0 spiro atoms. The molecular formula is C18H24N2O3S. The quantitative estimate of drug-likeness (QED) is 0.797. The molecule has 0 aliphatic rings. The third-order valence-electron chi connectivity index (χ3n) is 3.67. The van der Waals surface area contributed by atoms with Crippen molar-refractivity contribution in [3.63, 3.8) is 0 Å². The number of nitrogens with zero attached hydrogens (tertiary/aromatic N) is 1. The highest BCUT2D eigenvalue weighted by atomic mass is 32.2. The summed E-state index contributed by atoms with van der Waals surface area (Å²) in [6, 6.07) is 15.5. The zero-order valence-corrected chi connectivity index (χ0v) is 15.1. The van der Waals surface area contributed by atoms with Gasteiger partial charge in [-0.3, -0.25) is 4.72 Å². The van der Waals surface area contributed by atoms with Gasteiger partial charge >= 0.3 is 0 Å². The van der Waals surface area contributed by atoms with Crippen LogP contribution in [0.5, 0.6) is 5.75 Å². The first-order valence-corrected chi connectivity index (χ1v) is 9.63. The standard InChI is InChI=1S/C18H24N2O3S/c1-20(14-16-6-4-5-7-18(16)23-2)13-12-15-8-10-17(11-9-15)19-24(3,21)22/h4-11,19H,12-14H2,1-3H3. The molecule has 2 aromatic carbocycles. The Morgan fingerprint density at radius 2 is 1.75 bits per heavy atom. The summed E-state index contributed by atoms with van der Waals surface area (Å²) >= 11 is 0. The number of anilines is 1. The van der Waals surface area contributed by atoms with Crippen molar-refractivity contribution < 1.29 is 13.2 Å². The fourth-order valence-corrected chi connectivity index (χ4v) is 3.04. The molecule has 0 heterocycles. The van der Waals surface area contributed by atoms with Crippen LogP contribution in [-0.4, -0.2) is 40.3 Å². The van der Waals surface area contributed by atoms with Crippen LogP contribution in [0.4, 0.5) is 5.69 Å². The van der Waals surface area contributed by atoms with Crippen molar-refractivity contribution in [1.82, 2.24) is 4.90 Å². The summed E-state index contributed by atoms with van der Waals surface area (Å²) in [5.41, 5.74) is 2.92. The van der Waals surface area contributed by atoms with Gasteiger partial charge in [0.1, 0.15) is 5.75 Å². The van der Waals surface area contributed by atoms with E-state index in [1.807, 2.05) is 30.3 Å². The topological polar surface area (TPSA) is 58.6 Å². The first-order valence-electron chi connectivity index (χ1n) is 7.74. The van der Waals surface area contributed by atoms with E-state index in [9.17, 15) is 8.42 Å². The van der Waals surface area contributed by atoms with Crippen molar-refractivity contribution in [2.24, 2.45) is 0 Å². The molecule has 0 saturated carbocycles. The van der Waals surface area contributed by atoms with E-state index in [2.05, 4.69) is 22.7 Å². The van der Waals surface area contributed by atoms with Gasteiger partial charge in [0, 0.05) is 24.3 Å². The van der Waals surface area contributed by atoms with Crippen molar-refractivity contribution >= 4 is 15.7 Å². The fraction of sp³-hybridized carbons (Fsp3) is 0.333. The van der Waals surface area contributed by atoms with Crippen LogP contribution in [-0.2, 0) is 23.0 Å². The Morgan fingerprint density at radius 3 is 2.38 bits per heavy atom. The van der Waals surface area contributed by atoms with Gasteiger partial charge in [0.2, 0.25) is 10.0 Å². The maximum Gasteiger partial charge on any atom is 0.229 e. The summed E-state index contributed by atoms with van der Waals surface area (Å²) in [4.78, 5) is 2.24. The van der Waals surface area contributed by atoms with Crippen molar-refractivity contribution in [3.05, 3.63) is 59.7 Å². The van der Waals surface area contributed by atoms with E-state index in [0.717, 1.165) is 37.1 Å². The van der Waals surface area contributed by atoms with Crippen LogP contribution in [0.25, 0.3) is 0 Å². The van der Waals surface area contributed by atoms with Crippen LogP contribution in [0.15, 0.2) is 48.5 Å². The second-order valence-corrected chi connectivity index (χ2v) is 7.62. The van der Waals surface area contributed by atoms with E-state index in [1.54, 1.807) is 19.2 Å². The summed E-state index contributed by atoms with van der Waals surface area (Å²) in [7, 11) is 0.534. The lowest BCUT2D eigenvalue weighted by atomic mass is 10.1. The Kier molecular flexibility index (Phi) is 6.23. The third kappa shape index (κ3) is 5.86. The van der Waals surface area contributed by atoms with E-state index in [0.29, 0.717) is 5.69 Å². The molecule has 0 unspecified atom stereocenters. The monoisotopic (exact) mass is 348 g/mol. The third-order valence-corrected chi connectivity index (χ3v) is 4.28. The molecule has 0 bridgehead atoms. The van der Waals surface area contributed by atoms with Gasteiger partial charge < -0.3 is 9.64 Å². The Morgan fingerprint density at radius 1 is 1.08 bits per heavy atom. The number of likely N-dealkylation sites (N-methyl/N-ethyl adjacent to an activating group) is 1. The highest BCUT2D eigenvalue weighted by molar-refractivity contribution is 7.92. The summed E-state index contributed by atoms with van der Waals surface area (Å²) < 4.78 is 30.2. The van der Waals surface area contributed by atoms with Crippen molar-refractivity contribution in [2.75, 3.05) is 31.7 Å². The van der Waals surface area contributed by atoms with E-state index in [-0.39, 0.29) is 0 Å². The molecule has 0 aliphatic carbocycles. The number of nitrogens with one attached hydrogen (secondary N) is 1. The van der Waals surface area contributed by atoms with E-state index in [1.165, 1.54) is 5.56 Å². The lowest BCUT2D eigenvalue weighted by Crippen LogP contribution is -2.21. The summed E-state index contributed by atoms with van der Waals surface area (Å²) in [5.74, 6) is 0.903.